The van der Waals surface area contributed by atoms with Crippen LogP contribution in [0.25, 0.3) is 0 Å². The molecule has 0 saturated heterocycles. The SMILES string of the molecule is Cc1ccc(C(=O)N(C)C(C)(C)C(=O)O)c(Br)c1. The first-order chi connectivity index (χ1) is 8.17. The number of aryl methyl sites for hydroxylation is 1. The lowest BCUT2D eigenvalue weighted by atomic mass is 10.0. The lowest BCUT2D eigenvalue weighted by molar-refractivity contribution is -0.147. The van der Waals surface area contributed by atoms with E-state index < -0.39 is 11.5 Å². The van der Waals surface area contributed by atoms with Gasteiger partial charge in [0, 0.05) is 11.5 Å². The average Bonchev–Trinajstić information content (AvgIpc) is 2.26. The number of nitrogens with zero attached hydrogens (tertiary/aromatic N) is 1. The van der Waals surface area contributed by atoms with E-state index in [-0.39, 0.29) is 5.91 Å². The van der Waals surface area contributed by atoms with E-state index in [4.69, 9.17) is 5.11 Å². The Morgan fingerprint density at radius 2 is 1.89 bits per heavy atom. The summed E-state index contributed by atoms with van der Waals surface area (Å²) in [6.07, 6.45) is 0. The molecule has 0 aliphatic rings. The molecule has 0 heterocycles. The second-order valence-electron chi connectivity index (χ2n) is 4.71. The van der Waals surface area contributed by atoms with E-state index in [0.29, 0.717) is 10.0 Å². The zero-order valence-electron chi connectivity index (χ0n) is 10.8. The quantitative estimate of drug-likeness (QED) is 0.933. The predicted molar refractivity (Wildman–Crippen MR) is 72.7 cm³/mol. The summed E-state index contributed by atoms with van der Waals surface area (Å²) in [5, 5.41) is 9.12. The molecule has 0 aromatic heterocycles. The Hall–Kier alpha value is -1.36. The van der Waals surface area contributed by atoms with Gasteiger partial charge in [-0.3, -0.25) is 4.79 Å². The Kier molecular flexibility index (Phi) is 4.16. The maximum Gasteiger partial charge on any atom is 0.329 e. The zero-order chi connectivity index (χ0) is 14.1. The first kappa shape index (κ1) is 14.7. The predicted octanol–water partition coefficient (Wildman–Crippen LogP) is 2.69. The minimum atomic E-state index is -1.25. The molecule has 0 radical (unpaired) electrons. The van der Waals surface area contributed by atoms with Gasteiger partial charge in [0.15, 0.2) is 0 Å². The van der Waals surface area contributed by atoms with Crippen molar-refractivity contribution in [2.75, 3.05) is 7.05 Å². The molecule has 5 heteroatoms. The number of carboxylic acids is 1. The van der Waals surface area contributed by atoms with Crippen molar-refractivity contribution < 1.29 is 14.7 Å². The van der Waals surface area contributed by atoms with Crippen molar-refractivity contribution in [2.45, 2.75) is 26.3 Å². The molecular weight excluding hydrogens is 298 g/mol. The number of hydrogen-bond acceptors (Lipinski definition) is 2. The summed E-state index contributed by atoms with van der Waals surface area (Å²) in [5.41, 5.74) is 0.234. The molecule has 0 spiro atoms. The Morgan fingerprint density at radius 3 is 2.33 bits per heavy atom. The second-order valence-corrected chi connectivity index (χ2v) is 5.57. The summed E-state index contributed by atoms with van der Waals surface area (Å²) in [7, 11) is 1.49. The number of carboxylic acid groups (broad SMARTS) is 1. The fraction of sp³-hybridized carbons (Fsp3) is 0.385. The number of hydrogen-bond donors (Lipinski definition) is 1. The number of benzene rings is 1. The van der Waals surface area contributed by atoms with E-state index in [2.05, 4.69) is 15.9 Å². The van der Waals surface area contributed by atoms with Gasteiger partial charge in [-0.15, -0.1) is 0 Å². The highest BCUT2D eigenvalue weighted by molar-refractivity contribution is 9.10. The van der Waals surface area contributed by atoms with Crippen molar-refractivity contribution in [1.82, 2.24) is 4.90 Å². The molecule has 0 aliphatic carbocycles. The monoisotopic (exact) mass is 313 g/mol. The molecule has 0 bridgehead atoms. The molecule has 4 nitrogen and oxygen atoms in total. The molecule has 0 aliphatic heterocycles. The maximum absolute atomic E-state index is 12.3. The van der Waals surface area contributed by atoms with Crippen LogP contribution >= 0.6 is 15.9 Å². The van der Waals surface area contributed by atoms with Crippen molar-refractivity contribution in [3.8, 4) is 0 Å². The van der Waals surface area contributed by atoms with Gasteiger partial charge in [0.05, 0.1) is 5.56 Å². The molecule has 1 N–H and O–H groups in total. The summed E-state index contributed by atoms with van der Waals surface area (Å²) >= 11 is 3.32. The van der Waals surface area contributed by atoms with E-state index in [1.165, 1.54) is 25.8 Å². The largest absolute Gasteiger partial charge is 0.480 e. The van der Waals surface area contributed by atoms with Crippen molar-refractivity contribution in [2.24, 2.45) is 0 Å². The van der Waals surface area contributed by atoms with Gasteiger partial charge in [-0.25, -0.2) is 4.79 Å². The highest BCUT2D eigenvalue weighted by Crippen LogP contribution is 2.23. The molecule has 1 aromatic carbocycles. The number of likely N-dealkylation sites (N-methyl/N-ethyl adjacent to an activating group) is 1. The van der Waals surface area contributed by atoms with Gasteiger partial charge in [0.25, 0.3) is 5.91 Å². The molecule has 1 aromatic rings. The van der Waals surface area contributed by atoms with Crippen molar-refractivity contribution >= 4 is 27.8 Å². The first-order valence-corrected chi connectivity index (χ1v) is 6.25. The highest BCUT2D eigenvalue weighted by Gasteiger charge is 2.36. The van der Waals surface area contributed by atoms with Gasteiger partial charge in [0.1, 0.15) is 5.54 Å². The van der Waals surface area contributed by atoms with Crippen LogP contribution in [-0.4, -0.2) is 34.5 Å². The Bertz CT molecular complexity index is 497. The summed E-state index contributed by atoms with van der Waals surface area (Å²) in [6.45, 7) is 4.91. The number of amides is 1. The van der Waals surface area contributed by atoms with Crippen LogP contribution in [0, 0.1) is 6.92 Å². The maximum atomic E-state index is 12.3. The fourth-order valence-electron chi connectivity index (χ4n) is 1.37. The minimum Gasteiger partial charge on any atom is -0.480 e. The smallest absolute Gasteiger partial charge is 0.329 e. The molecular formula is C13H16BrNO3. The van der Waals surface area contributed by atoms with Crippen LogP contribution in [0.3, 0.4) is 0 Å². The van der Waals surface area contributed by atoms with Crippen molar-refractivity contribution in [1.29, 1.82) is 0 Å². The van der Waals surface area contributed by atoms with Gasteiger partial charge in [-0.05, 0) is 54.4 Å². The minimum absolute atomic E-state index is 0.325. The number of halogens is 1. The van der Waals surface area contributed by atoms with Crippen LogP contribution in [-0.2, 0) is 4.79 Å². The topological polar surface area (TPSA) is 57.6 Å². The third-order valence-electron chi connectivity index (χ3n) is 3.02. The van der Waals surface area contributed by atoms with Gasteiger partial charge < -0.3 is 10.0 Å². The fourth-order valence-corrected chi connectivity index (χ4v) is 2.03. The van der Waals surface area contributed by atoms with Crippen LogP contribution in [0.1, 0.15) is 29.8 Å². The van der Waals surface area contributed by atoms with E-state index in [1.807, 2.05) is 19.1 Å². The van der Waals surface area contributed by atoms with Gasteiger partial charge in [-0.2, -0.15) is 0 Å². The summed E-state index contributed by atoms with van der Waals surface area (Å²) < 4.78 is 0.667. The molecule has 1 amide bonds. The van der Waals surface area contributed by atoms with E-state index in [0.717, 1.165) is 5.56 Å². The standard InChI is InChI=1S/C13H16BrNO3/c1-8-5-6-9(10(14)7-8)11(16)15(4)13(2,3)12(17)18/h5-7H,1-4H3,(H,17,18). The zero-order valence-corrected chi connectivity index (χ0v) is 12.4. The number of carbonyl (C=O) groups excluding carboxylic acids is 1. The first-order valence-electron chi connectivity index (χ1n) is 5.45. The van der Waals surface area contributed by atoms with E-state index >= 15 is 0 Å². The highest BCUT2D eigenvalue weighted by atomic mass is 79.9. The molecule has 0 saturated carbocycles. The average molecular weight is 314 g/mol. The summed E-state index contributed by atoms with van der Waals surface area (Å²) in [5.74, 6) is -1.36. The lowest BCUT2D eigenvalue weighted by Crippen LogP contribution is -2.50. The Balaban J connectivity index is 3.11. The molecule has 1 rings (SSSR count). The summed E-state index contributed by atoms with van der Waals surface area (Å²) in [6, 6.07) is 5.34. The van der Waals surface area contributed by atoms with Crippen molar-refractivity contribution in [3.63, 3.8) is 0 Å². The van der Waals surface area contributed by atoms with Gasteiger partial charge in [0.2, 0.25) is 0 Å². The lowest BCUT2D eigenvalue weighted by Gasteiger charge is -2.31. The van der Waals surface area contributed by atoms with Crippen molar-refractivity contribution in [3.05, 3.63) is 33.8 Å². The Morgan fingerprint density at radius 1 is 1.33 bits per heavy atom. The van der Waals surface area contributed by atoms with E-state index in [9.17, 15) is 9.59 Å². The summed E-state index contributed by atoms with van der Waals surface area (Å²) in [4.78, 5) is 24.6. The third-order valence-corrected chi connectivity index (χ3v) is 3.68. The second kappa shape index (κ2) is 5.10. The molecule has 98 valence electrons. The molecule has 0 fully saturated rings. The number of carbonyl (C=O) groups is 2. The Labute approximate surface area is 115 Å². The van der Waals surface area contributed by atoms with Crippen LogP contribution in [0.5, 0.6) is 0 Å². The molecule has 0 atom stereocenters. The normalized spacial score (nSPS) is 11.2. The van der Waals surface area contributed by atoms with E-state index in [1.54, 1.807) is 6.07 Å². The van der Waals surface area contributed by atoms with Crippen LogP contribution in [0.4, 0.5) is 0 Å². The van der Waals surface area contributed by atoms with Gasteiger partial charge >= 0.3 is 5.97 Å². The number of aliphatic carboxylic acids is 1. The number of rotatable bonds is 3. The van der Waals surface area contributed by atoms with Crippen LogP contribution in [0.2, 0.25) is 0 Å². The van der Waals surface area contributed by atoms with Crippen LogP contribution < -0.4 is 0 Å². The van der Waals surface area contributed by atoms with Crippen LogP contribution in [0.15, 0.2) is 22.7 Å². The van der Waals surface area contributed by atoms with Gasteiger partial charge in [-0.1, -0.05) is 6.07 Å². The molecule has 0 unspecified atom stereocenters. The third kappa shape index (κ3) is 2.72. The molecule has 18 heavy (non-hydrogen) atoms.